The third-order valence-electron chi connectivity index (χ3n) is 7.10. The van der Waals surface area contributed by atoms with Crippen molar-refractivity contribution < 1.29 is 23.5 Å². The Morgan fingerprint density at radius 2 is 1.63 bits per heavy atom. The van der Waals surface area contributed by atoms with Gasteiger partial charge in [-0.25, -0.2) is 8.78 Å². The molecule has 2 aliphatic heterocycles. The van der Waals surface area contributed by atoms with Crippen LogP contribution in [0, 0.1) is 11.6 Å². The second-order valence-corrected chi connectivity index (χ2v) is 10.1. The molecule has 4 rings (SSSR count). The molecule has 0 spiro atoms. The number of amides is 2. The molecule has 2 aromatic rings. The minimum absolute atomic E-state index is 0.0719. The maximum absolute atomic E-state index is 14.3. The first-order chi connectivity index (χ1) is 16.6. The Kier molecular flexibility index (Phi) is 7.52. The second kappa shape index (κ2) is 10.4. The number of piperidine rings is 1. The van der Waals surface area contributed by atoms with Crippen LogP contribution in [0.3, 0.4) is 0 Å². The third-order valence-corrected chi connectivity index (χ3v) is 7.10. The Morgan fingerprint density at radius 1 is 1.03 bits per heavy atom. The van der Waals surface area contributed by atoms with Crippen LogP contribution in [0.1, 0.15) is 55.5 Å². The van der Waals surface area contributed by atoms with Gasteiger partial charge in [-0.15, -0.1) is 0 Å². The van der Waals surface area contributed by atoms with Gasteiger partial charge in [-0.05, 0) is 63.8 Å². The van der Waals surface area contributed by atoms with Gasteiger partial charge in [0.15, 0.2) is 0 Å². The number of benzene rings is 2. The molecule has 2 atom stereocenters. The first-order valence-electron chi connectivity index (χ1n) is 12.2. The number of carbonyl (C=O) groups is 2. The van der Waals surface area contributed by atoms with Crippen LogP contribution in [0.5, 0.6) is 0 Å². The van der Waals surface area contributed by atoms with E-state index in [1.54, 1.807) is 12.1 Å². The molecule has 8 heteroatoms. The van der Waals surface area contributed by atoms with E-state index in [0.29, 0.717) is 12.1 Å². The van der Waals surface area contributed by atoms with Crippen LogP contribution >= 0.6 is 0 Å². The standard InChI is InChI=1S/C27H33F2N3O3/c1-27(2,35)26(34)31(17-22-23(28)9-6-10-24(22)29)13-14-32-20-11-12-21(32)16-19(15-20)30-25(33)18-7-4-3-5-8-18/h3-10,19-21,35H,11-17H2,1-2H3,(H,30,33). The van der Waals surface area contributed by atoms with Gasteiger partial charge in [0.2, 0.25) is 0 Å². The van der Waals surface area contributed by atoms with E-state index in [-0.39, 0.29) is 42.7 Å². The van der Waals surface area contributed by atoms with Crippen molar-refractivity contribution in [1.29, 1.82) is 0 Å². The summed E-state index contributed by atoms with van der Waals surface area (Å²) in [5.74, 6) is -2.07. The molecule has 2 aliphatic rings. The maximum Gasteiger partial charge on any atom is 0.254 e. The highest BCUT2D eigenvalue weighted by atomic mass is 19.1. The van der Waals surface area contributed by atoms with E-state index in [9.17, 15) is 23.5 Å². The van der Waals surface area contributed by atoms with Crippen LogP contribution in [0.15, 0.2) is 48.5 Å². The molecule has 2 bridgehead atoms. The fourth-order valence-electron chi connectivity index (χ4n) is 5.37. The van der Waals surface area contributed by atoms with Crippen molar-refractivity contribution in [3.63, 3.8) is 0 Å². The highest BCUT2D eigenvalue weighted by Crippen LogP contribution is 2.35. The lowest BCUT2D eigenvalue weighted by Gasteiger charge is -2.40. The molecule has 2 N–H and O–H groups in total. The largest absolute Gasteiger partial charge is 0.381 e. The van der Waals surface area contributed by atoms with Crippen LogP contribution in [0.2, 0.25) is 0 Å². The minimum atomic E-state index is -1.66. The summed E-state index contributed by atoms with van der Waals surface area (Å²) in [5.41, 5.74) is -1.20. The smallest absolute Gasteiger partial charge is 0.254 e. The minimum Gasteiger partial charge on any atom is -0.381 e. The number of hydrogen-bond donors (Lipinski definition) is 2. The molecule has 2 unspecified atom stereocenters. The Labute approximate surface area is 204 Å². The maximum atomic E-state index is 14.3. The molecule has 2 saturated heterocycles. The second-order valence-electron chi connectivity index (χ2n) is 10.1. The molecule has 2 aromatic carbocycles. The lowest BCUT2D eigenvalue weighted by atomic mass is 9.96. The van der Waals surface area contributed by atoms with Crippen LogP contribution < -0.4 is 5.32 Å². The Balaban J connectivity index is 1.40. The number of fused-ring (bicyclic) bond motifs is 2. The van der Waals surface area contributed by atoms with E-state index in [1.165, 1.54) is 36.9 Å². The molecule has 0 aromatic heterocycles. The van der Waals surface area contributed by atoms with Crippen LogP contribution in [0.4, 0.5) is 8.78 Å². The van der Waals surface area contributed by atoms with Gasteiger partial charge < -0.3 is 15.3 Å². The van der Waals surface area contributed by atoms with Gasteiger partial charge in [-0.1, -0.05) is 24.3 Å². The normalized spacial score (nSPS) is 22.1. The SMILES string of the molecule is CC(C)(O)C(=O)N(CCN1C2CCC1CC(NC(=O)c1ccccc1)C2)Cc1c(F)cccc1F. The lowest BCUT2D eigenvalue weighted by molar-refractivity contribution is -0.149. The Bertz CT molecular complexity index is 1020. The van der Waals surface area contributed by atoms with Crippen molar-refractivity contribution >= 4 is 11.8 Å². The highest BCUT2D eigenvalue weighted by Gasteiger charge is 2.41. The molecule has 0 radical (unpaired) electrons. The molecule has 2 heterocycles. The van der Waals surface area contributed by atoms with Gasteiger partial charge in [0.25, 0.3) is 11.8 Å². The van der Waals surface area contributed by atoms with Crippen LogP contribution in [0.25, 0.3) is 0 Å². The van der Waals surface area contributed by atoms with E-state index >= 15 is 0 Å². The summed E-state index contributed by atoms with van der Waals surface area (Å²) in [4.78, 5) is 29.2. The average Bonchev–Trinajstić information content (AvgIpc) is 3.05. The van der Waals surface area contributed by atoms with Crippen molar-refractivity contribution in [1.82, 2.24) is 15.1 Å². The number of nitrogens with zero attached hydrogens (tertiary/aromatic N) is 2. The summed E-state index contributed by atoms with van der Waals surface area (Å²) in [6, 6.07) is 13.4. The van der Waals surface area contributed by atoms with Gasteiger partial charge in [0.1, 0.15) is 17.2 Å². The fourth-order valence-corrected chi connectivity index (χ4v) is 5.37. The third kappa shape index (κ3) is 5.87. The molecule has 6 nitrogen and oxygen atoms in total. The number of halogens is 2. The Hall–Kier alpha value is -2.84. The van der Waals surface area contributed by atoms with E-state index in [1.807, 2.05) is 18.2 Å². The van der Waals surface area contributed by atoms with Crippen LogP contribution in [-0.2, 0) is 11.3 Å². The molecule has 188 valence electrons. The van der Waals surface area contributed by atoms with Gasteiger partial charge >= 0.3 is 0 Å². The number of nitrogens with one attached hydrogen (secondary N) is 1. The van der Waals surface area contributed by atoms with Crippen molar-refractivity contribution in [2.45, 2.75) is 69.8 Å². The van der Waals surface area contributed by atoms with Gasteiger partial charge in [-0.2, -0.15) is 0 Å². The summed E-state index contributed by atoms with van der Waals surface area (Å²) in [7, 11) is 0. The highest BCUT2D eigenvalue weighted by molar-refractivity contribution is 5.94. The number of aliphatic hydroxyl groups is 1. The summed E-state index contributed by atoms with van der Waals surface area (Å²) in [6.07, 6.45) is 3.64. The topological polar surface area (TPSA) is 72.9 Å². The number of carbonyl (C=O) groups excluding carboxylic acids is 2. The molecule has 2 fully saturated rings. The van der Waals surface area contributed by atoms with E-state index in [0.717, 1.165) is 25.7 Å². The zero-order chi connectivity index (χ0) is 25.2. The molecular formula is C27H33F2N3O3. The first kappa shape index (κ1) is 25.3. The van der Waals surface area contributed by atoms with Crippen molar-refractivity contribution in [2.75, 3.05) is 13.1 Å². The zero-order valence-corrected chi connectivity index (χ0v) is 20.2. The van der Waals surface area contributed by atoms with Gasteiger partial charge in [-0.3, -0.25) is 14.5 Å². The van der Waals surface area contributed by atoms with E-state index < -0.39 is 23.1 Å². The monoisotopic (exact) mass is 485 g/mol. The first-order valence-corrected chi connectivity index (χ1v) is 12.2. The summed E-state index contributed by atoms with van der Waals surface area (Å²) in [5, 5.41) is 13.5. The van der Waals surface area contributed by atoms with E-state index in [4.69, 9.17) is 0 Å². The van der Waals surface area contributed by atoms with E-state index in [2.05, 4.69) is 10.2 Å². The summed E-state index contributed by atoms with van der Waals surface area (Å²) < 4.78 is 28.6. The van der Waals surface area contributed by atoms with Gasteiger partial charge in [0.05, 0.1) is 6.54 Å². The quantitative estimate of drug-likeness (QED) is 0.601. The Morgan fingerprint density at radius 3 is 2.20 bits per heavy atom. The fraction of sp³-hybridized carbons (Fsp3) is 0.481. The number of rotatable bonds is 8. The molecular weight excluding hydrogens is 452 g/mol. The van der Waals surface area contributed by atoms with Crippen molar-refractivity contribution in [3.8, 4) is 0 Å². The van der Waals surface area contributed by atoms with Crippen molar-refractivity contribution in [3.05, 3.63) is 71.3 Å². The number of hydrogen-bond acceptors (Lipinski definition) is 4. The lowest BCUT2D eigenvalue weighted by Crippen LogP contribution is -2.53. The molecule has 35 heavy (non-hydrogen) atoms. The van der Waals surface area contributed by atoms with Crippen molar-refractivity contribution in [2.24, 2.45) is 0 Å². The predicted molar refractivity (Wildman–Crippen MR) is 129 cm³/mol. The van der Waals surface area contributed by atoms with Crippen LogP contribution in [-0.4, -0.2) is 63.5 Å². The summed E-state index contributed by atoms with van der Waals surface area (Å²) in [6.45, 7) is 3.28. The molecule has 2 amide bonds. The summed E-state index contributed by atoms with van der Waals surface area (Å²) >= 11 is 0. The van der Waals surface area contributed by atoms with Gasteiger partial charge in [0, 0.05) is 42.3 Å². The zero-order valence-electron chi connectivity index (χ0n) is 20.2. The molecule has 0 aliphatic carbocycles. The predicted octanol–water partition coefficient (Wildman–Crippen LogP) is 3.49. The average molecular weight is 486 g/mol. The molecule has 0 saturated carbocycles.